The lowest BCUT2D eigenvalue weighted by Crippen LogP contribution is -2.21. The van der Waals surface area contributed by atoms with Crippen molar-refractivity contribution in [2.45, 2.75) is 44.6 Å². The Kier molecular flexibility index (Phi) is 4.69. The fraction of sp³-hybridized carbons (Fsp3) is 0.778. The van der Waals surface area contributed by atoms with E-state index >= 15 is 0 Å². The molecule has 0 fully saturated rings. The van der Waals surface area contributed by atoms with E-state index in [1.807, 2.05) is 0 Å². The largest absolute Gasteiger partial charge is 0.393 e. The molecule has 0 radical (unpaired) electrons. The SMILES string of the molecule is C=CCC(O)CC[Si](C)(C)C. The maximum atomic E-state index is 9.36. The minimum atomic E-state index is -0.943. The molecule has 0 aromatic rings. The van der Waals surface area contributed by atoms with Gasteiger partial charge in [-0.15, -0.1) is 6.58 Å². The molecular weight excluding hydrogens is 152 g/mol. The van der Waals surface area contributed by atoms with Crippen LogP contribution in [0.15, 0.2) is 12.7 Å². The molecule has 0 spiro atoms. The second kappa shape index (κ2) is 4.73. The summed E-state index contributed by atoms with van der Waals surface area (Å²) in [5.74, 6) is 0. The summed E-state index contributed by atoms with van der Waals surface area (Å²) >= 11 is 0. The first-order valence-electron chi connectivity index (χ1n) is 4.24. The van der Waals surface area contributed by atoms with Crippen molar-refractivity contribution in [3.05, 3.63) is 12.7 Å². The molecule has 1 atom stereocenters. The molecule has 0 amide bonds. The van der Waals surface area contributed by atoms with E-state index in [2.05, 4.69) is 26.2 Å². The Morgan fingerprint density at radius 1 is 1.45 bits per heavy atom. The Bertz CT molecular complexity index is 115. The minimum Gasteiger partial charge on any atom is -0.393 e. The molecule has 2 heteroatoms. The van der Waals surface area contributed by atoms with Crippen LogP contribution >= 0.6 is 0 Å². The molecule has 0 heterocycles. The maximum absolute atomic E-state index is 9.36. The van der Waals surface area contributed by atoms with Gasteiger partial charge in [-0.25, -0.2) is 0 Å². The first kappa shape index (κ1) is 10.9. The molecule has 1 unspecified atom stereocenters. The van der Waals surface area contributed by atoms with Crippen molar-refractivity contribution in [2.24, 2.45) is 0 Å². The van der Waals surface area contributed by atoms with Gasteiger partial charge in [0.15, 0.2) is 0 Å². The first-order chi connectivity index (χ1) is 4.95. The lowest BCUT2D eigenvalue weighted by atomic mass is 10.2. The molecule has 66 valence electrons. The van der Waals surface area contributed by atoms with Gasteiger partial charge >= 0.3 is 0 Å². The van der Waals surface area contributed by atoms with Crippen LogP contribution in [0.4, 0.5) is 0 Å². The van der Waals surface area contributed by atoms with E-state index in [0.29, 0.717) is 0 Å². The van der Waals surface area contributed by atoms with Crippen LogP contribution in [0, 0.1) is 0 Å². The topological polar surface area (TPSA) is 20.2 Å². The second-order valence-electron chi connectivity index (χ2n) is 4.28. The first-order valence-corrected chi connectivity index (χ1v) is 7.95. The van der Waals surface area contributed by atoms with Crippen molar-refractivity contribution in [2.75, 3.05) is 0 Å². The minimum absolute atomic E-state index is 0.153. The van der Waals surface area contributed by atoms with Gasteiger partial charge in [-0.05, 0) is 12.8 Å². The highest BCUT2D eigenvalue weighted by Gasteiger charge is 2.14. The summed E-state index contributed by atoms with van der Waals surface area (Å²) in [7, 11) is -0.943. The third-order valence-electron chi connectivity index (χ3n) is 1.67. The van der Waals surface area contributed by atoms with E-state index in [9.17, 15) is 5.11 Å². The van der Waals surface area contributed by atoms with Crippen LogP contribution in [0.1, 0.15) is 12.8 Å². The lowest BCUT2D eigenvalue weighted by molar-refractivity contribution is 0.173. The third-order valence-corrected chi connectivity index (χ3v) is 3.45. The van der Waals surface area contributed by atoms with E-state index in [4.69, 9.17) is 0 Å². The Morgan fingerprint density at radius 3 is 2.36 bits per heavy atom. The van der Waals surface area contributed by atoms with Gasteiger partial charge in [-0.2, -0.15) is 0 Å². The molecule has 0 saturated heterocycles. The predicted octanol–water partition coefficient (Wildman–Crippen LogP) is 2.65. The Hall–Kier alpha value is -0.0831. The van der Waals surface area contributed by atoms with Gasteiger partial charge in [0.1, 0.15) is 0 Å². The number of rotatable bonds is 5. The molecule has 0 aliphatic heterocycles. The van der Waals surface area contributed by atoms with Crippen LogP contribution in [-0.4, -0.2) is 19.3 Å². The van der Waals surface area contributed by atoms with Crippen molar-refractivity contribution in [3.8, 4) is 0 Å². The second-order valence-corrected chi connectivity index (χ2v) is 9.90. The monoisotopic (exact) mass is 172 g/mol. The van der Waals surface area contributed by atoms with Gasteiger partial charge in [0.2, 0.25) is 0 Å². The average Bonchev–Trinajstić information content (AvgIpc) is 1.83. The normalized spacial score (nSPS) is 14.5. The highest BCUT2D eigenvalue weighted by molar-refractivity contribution is 6.76. The highest BCUT2D eigenvalue weighted by Crippen LogP contribution is 2.14. The molecule has 0 aliphatic carbocycles. The number of hydrogen-bond acceptors (Lipinski definition) is 1. The lowest BCUT2D eigenvalue weighted by Gasteiger charge is -2.17. The van der Waals surface area contributed by atoms with E-state index in [1.165, 1.54) is 6.04 Å². The number of aliphatic hydroxyl groups is 1. The summed E-state index contributed by atoms with van der Waals surface area (Å²) in [5.41, 5.74) is 0. The Labute approximate surface area is 71.1 Å². The van der Waals surface area contributed by atoms with Gasteiger partial charge in [0.25, 0.3) is 0 Å². The zero-order valence-electron chi connectivity index (χ0n) is 7.93. The quantitative estimate of drug-likeness (QED) is 0.499. The zero-order valence-corrected chi connectivity index (χ0v) is 8.93. The molecular formula is C9H20OSi. The molecule has 0 aromatic heterocycles. The van der Waals surface area contributed by atoms with E-state index < -0.39 is 8.07 Å². The van der Waals surface area contributed by atoms with E-state index in [-0.39, 0.29) is 6.10 Å². The Balaban J connectivity index is 3.45. The molecule has 0 aromatic carbocycles. The average molecular weight is 172 g/mol. The van der Waals surface area contributed by atoms with Crippen LogP contribution in [0.2, 0.25) is 25.7 Å². The molecule has 0 saturated carbocycles. The maximum Gasteiger partial charge on any atom is 0.0571 e. The van der Waals surface area contributed by atoms with Crippen LogP contribution in [-0.2, 0) is 0 Å². The van der Waals surface area contributed by atoms with Crippen LogP contribution < -0.4 is 0 Å². The van der Waals surface area contributed by atoms with Gasteiger partial charge in [-0.1, -0.05) is 31.8 Å². The van der Waals surface area contributed by atoms with E-state index in [1.54, 1.807) is 6.08 Å². The van der Waals surface area contributed by atoms with Gasteiger partial charge in [0.05, 0.1) is 6.10 Å². The third kappa shape index (κ3) is 7.82. The summed E-state index contributed by atoms with van der Waals surface area (Å²) in [6.45, 7) is 10.6. The van der Waals surface area contributed by atoms with E-state index in [0.717, 1.165) is 12.8 Å². The standard InChI is InChI=1S/C9H20OSi/c1-5-6-9(10)7-8-11(2,3)4/h5,9-10H,1,6-8H2,2-4H3. The van der Waals surface area contributed by atoms with Crippen LogP contribution in [0.3, 0.4) is 0 Å². The van der Waals surface area contributed by atoms with Gasteiger partial charge in [-0.3, -0.25) is 0 Å². The fourth-order valence-corrected chi connectivity index (χ4v) is 2.11. The molecule has 0 aliphatic rings. The molecule has 11 heavy (non-hydrogen) atoms. The summed E-state index contributed by atoms with van der Waals surface area (Å²) in [6.07, 6.45) is 3.32. The number of aliphatic hydroxyl groups excluding tert-OH is 1. The molecule has 1 nitrogen and oxygen atoms in total. The Morgan fingerprint density at radius 2 is 2.00 bits per heavy atom. The molecule has 0 rings (SSSR count). The smallest absolute Gasteiger partial charge is 0.0571 e. The van der Waals surface area contributed by atoms with Gasteiger partial charge in [0, 0.05) is 8.07 Å². The molecule has 0 bridgehead atoms. The summed E-state index contributed by atoms with van der Waals surface area (Å²) in [5, 5.41) is 9.36. The highest BCUT2D eigenvalue weighted by atomic mass is 28.3. The zero-order chi connectivity index (χ0) is 8.91. The molecule has 1 N–H and O–H groups in total. The predicted molar refractivity (Wildman–Crippen MR) is 53.6 cm³/mol. The summed E-state index contributed by atoms with van der Waals surface area (Å²) < 4.78 is 0. The fourth-order valence-electron chi connectivity index (χ4n) is 0.910. The van der Waals surface area contributed by atoms with Crippen molar-refractivity contribution >= 4 is 8.07 Å². The van der Waals surface area contributed by atoms with Gasteiger partial charge < -0.3 is 5.11 Å². The van der Waals surface area contributed by atoms with Crippen molar-refractivity contribution in [1.29, 1.82) is 0 Å². The summed E-state index contributed by atoms with van der Waals surface area (Å²) in [4.78, 5) is 0. The van der Waals surface area contributed by atoms with Crippen molar-refractivity contribution < 1.29 is 5.11 Å². The van der Waals surface area contributed by atoms with Crippen LogP contribution in [0.5, 0.6) is 0 Å². The van der Waals surface area contributed by atoms with Crippen molar-refractivity contribution in [1.82, 2.24) is 0 Å². The van der Waals surface area contributed by atoms with Crippen LogP contribution in [0.25, 0.3) is 0 Å². The summed E-state index contributed by atoms with van der Waals surface area (Å²) in [6, 6.07) is 1.21. The van der Waals surface area contributed by atoms with Crippen molar-refractivity contribution in [3.63, 3.8) is 0 Å². The number of hydrogen-bond donors (Lipinski definition) is 1.